The molecule has 0 radical (unpaired) electrons. The molecule has 0 bridgehead atoms. The Hall–Kier alpha value is -0.670. The molecular weight excluding hydrogens is 256 g/mol. The average molecular weight is 273 g/mol. The first-order chi connectivity index (χ1) is 8.12. The summed E-state index contributed by atoms with van der Waals surface area (Å²) in [5, 5.41) is -0.452. The summed E-state index contributed by atoms with van der Waals surface area (Å²) in [4.78, 5) is 12.2. The van der Waals surface area contributed by atoms with Crippen molar-refractivity contribution < 1.29 is 9.53 Å². The summed E-state index contributed by atoms with van der Waals surface area (Å²) < 4.78 is 5.89. The van der Waals surface area contributed by atoms with E-state index in [9.17, 15) is 4.79 Å². The monoisotopic (exact) mass is 272 g/mol. The molecule has 0 amide bonds. The molecule has 0 heterocycles. The van der Waals surface area contributed by atoms with Crippen LogP contribution in [0.2, 0.25) is 0 Å². The summed E-state index contributed by atoms with van der Waals surface area (Å²) in [6, 6.07) is 5.32. The number of ether oxygens (including phenoxy) is 1. The van der Waals surface area contributed by atoms with Crippen LogP contribution in [0.25, 0.3) is 0 Å². The number of carbonyl (C=O) groups is 1. The van der Waals surface area contributed by atoms with Crippen molar-refractivity contribution in [2.45, 2.75) is 37.7 Å². The minimum Gasteiger partial charge on any atom is -0.489 e. The first-order valence-electron chi connectivity index (χ1n) is 5.66. The lowest BCUT2D eigenvalue weighted by Crippen LogP contribution is -2.14. The first kappa shape index (κ1) is 14.4. The van der Waals surface area contributed by atoms with Crippen molar-refractivity contribution in [3.8, 4) is 5.75 Å². The number of halogens is 1. The van der Waals surface area contributed by atoms with E-state index in [0.29, 0.717) is 5.56 Å². The predicted molar refractivity (Wildman–Crippen MR) is 73.4 cm³/mol. The molecular formula is C13H17ClO2S. The third-order valence-electron chi connectivity index (χ3n) is 2.59. The second-order valence-corrected chi connectivity index (χ2v) is 4.89. The van der Waals surface area contributed by atoms with Gasteiger partial charge in [-0.2, -0.15) is 0 Å². The van der Waals surface area contributed by atoms with E-state index in [4.69, 9.17) is 16.3 Å². The fourth-order valence-corrected chi connectivity index (χ4v) is 2.16. The highest BCUT2D eigenvalue weighted by molar-refractivity contribution is 7.98. The summed E-state index contributed by atoms with van der Waals surface area (Å²) in [6.45, 7) is 4.17. The van der Waals surface area contributed by atoms with Gasteiger partial charge >= 0.3 is 0 Å². The maximum atomic E-state index is 11.1. The summed E-state index contributed by atoms with van der Waals surface area (Å²) in [7, 11) is 0. The molecule has 0 spiro atoms. The number of carbonyl (C=O) groups excluding carboxylic acids is 1. The molecule has 0 aliphatic carbocycles. The summed E-state index contributed by atoms with van der Waals surface area (Å²) in [5.74, 6) is 0.748. The molecule has 0 N–H and O–H groups in total. The Labute approximate surface area is 112 Å². The molecule has 1 aromatic carbocycles. The lowest BCUT2D eigenvalue weighted by molar-refractivity contribution is 0.108. The Kier molecular flexibility index (Phi) is 5.86. The molecule has 0 unspecified atom stereocenters. The number of rotatable bonds is 6. The first-order valence-corrected chi connectivity index (χ1v) is 7.27. The lowest BCUT2D eigenvalue weighted by Gasteiger charge is -2.18. The number of hydrogen-bond donors (Lipinski definition) is 0. The van der Waals surface area contributed by atoms with Crippen LogP contribution in [0.5, 0.6) is 5.75 Å². The highest BCUT2D eigenvalue weighted by Crippen LogP contribution is 2.30. The summed E-state index contributed by atoms with van der Waals surface area (Å²) >= 11 is 7.07. The molecule has 0 atom stereocenters. The minimum atomic E-state index is -0.452. The van der Waals surface area contributed by atoms with Gasteiger partial charge in [-0.3, -0.25) is 4.79 Å². The van der Waals surface area contributed by atoms with E-state index < -0.39 is 5.24 Å². The molecule has 2 nitrogen and oxygen atoms in total. The standard InChI is InChI=1S/C13H17ClO2S/c1-4-10(5-2)16-11-8-9(13(14)15)6-7-12(11)17-3/h6-8,10H,4-5H2,1-3H3. The van der Waals surface area contributed by atoms with Gasteiger partial charge in [0.15, 0.2) is 0 Å². The van der Waals surface area contributed by atoms with Gasteiger partial charge in [-0.15, -0.1) is 11.8 Å². The zero-order valence-corrected chi connectivity index (χ0v) is 11.9. The number of benzene rings is 1. The lowest BCUT2D eigenvalue weighted by atomic mass is 10.2. The quantitative estimate of drug-likeness (QED) is 0.569. The van der Waals surface area contributed by atoms with Crippen LogP contribution < -0.4 is 4.74 Å². The normalized spacial score (nSPS) is 10.6. The zero-order chi connectivity index (χ0) is 12.8. The maximum Gasteiger partial charge on any atom is 0.252 e. The third kappa shape index (κ3) is 3.93. The molecule has 0 aliphatic heterocycles. The molecule has 0 saturated heterocycles. The van der Waals surface area contributed by atoms with E-state index in [1.54, 1.807) is 23.9 Å². The fraction of sp³-hybridized carbons (Fsp3) is 0.462. The Balaban J connectivity index is 3.01. The van der Waals surface area contributed by atoms with Crippen molar-refractivity contribution in [3.05, 3.63) is 23.8 Å². The van der Waals surface area contributed by atoms with Crippen molar-refractivity contribution in [2.24, 2.45) is 0 Å². The van der Waals surface area contributed by atoms with Crippen molar-refractivity contribution in [1.82, 2.24) is 0 Å². The smallest absolute Gasteiger partial charge is 0.252 e. The van der Waals surface area contributed by atoms with Gasteiger partial charge in [0.05, 0.1) is 6.10 Å². The van der Waals surface area contributed by atoms with Gasteiger partial charge in [-0.1, -0.05) is 13.8 Å². The van der Waals surface area contributed by atoms with Crippen LogP contribution in [0, 0.1) is 0 Å². The number of thioether (sulfide) groups is 1. The molecule has 1 aromatic rings. The maximum absolute atomic E-state index is 11.1. The number of hydrogen-bond acceptors (Lipinski definition) is 3. The Morgan fingerprint density at radius 1 is 1.41 bits per heavy atom. The molecule has 0 aromatic heterocycles. The largest absolute Gasteiger partial charge is 0.489 e. The van der Waals surface area contributed by atoms with Gasteiger partial charge in [-0.25, -0.2) is 0 Å². The fourth-order valence-electron chi connectivity index (χ4n) is 1.53. The van der Waals surface area contributed by atoms with Crippen LogP contribution in [0.15, 0.2) is 23.1 Å². The van der Waals surface area contributed by atoms with E-state index in [-0.39, 0.29) is 6.10 Å². The molecule has 0 aliphatic rings. The van der Waals surface area contributed by atoms with Gasteiger partial charge in [0.25, 0.3) is 5.24 Å². The average Bonchev–Trinajstić information content (AvgIpc) is 2.35. The van der Waals surface area contributed by atoms with Crippen molar-refractivity contribution in [1.29, 1.82) is 0 Å². The van der Waals surface area contributed by atoms with E-state index in [1.165, 1.54) is 0 Å². The van der Waals surface area contributed by atoms with Crippen molar-refractivity contribution in [2.75, 3.05) is 6.26 Å². The summed E-state index contributed by atoms with van der Waals surface area (Å²) in [6.07, 6.45) is 4.06. The second-order valence-electron chi connectivity index (χ2n) is 3.70. The van der Waals surface area contributed by atoms with Gasteiger partial charge < -0.3 is 4.74 Å². The van der Waals surface area contributed by atoms with Gasteiger partial charge in [0, 0.05) is 10.5 Å². The van der Waals surface area contributed by atoms with Gasteiger partial charge in [0.2, 0.25) is 0 Å². The zero-order valence-electron chi connectivity index (χ0n) is 10.3. The molecule has 94 valence electrons. The molecule has 17 heavy (non-hydrogen) atoms. The highest BCUT2D eigenvalue weighted by Gasteiger charge is 2.12. The van der Waals surface area contributed by atoms with E-state index in [2.05, 4.69) is 13.8 Å². The van der Waals surface area contributed by atoms with Crippen molar-refractivity contribution >= 4 is 28.6 Å². The van der Waals surface area contributed by atoms with Crippen LogP contribution in [0.3, 0.4) is 0 Å². The third-order valence-corrected chi connectivity index (χ3v) is 3.59. The van der Waals surface area contributed by atoms with E-state index >= 15 is 0 Å². The van der Waals surface area contributed by atoms with E-state index in [1.807, 2.05) is 12.3 Å². The topological polar surface area (TPSA) is 26.3 Å². The highest BCUT2D eigenvalue weighted by atomic mass is 35.5. The Morgan fingerprint density at radius 3 is 2.53 bits per heavy atom. The Morgan fingerprint density at radius 2 is 2.06 bits per heavy atom. The van der Waals surface area contributed by atoms with E-state index in [0.717, 1.165) is 23.5 Å². The van der Waals surface area contributed by atoms with Gasteiger partial charge in [0.1, 0.15) is 5.75 Å². The van der Waals surface area contributed by atoms with Crippen LogP contribution in [0.1, 0.15) is 37.0 Å². The second kappa shape index (κ2) is 6.92. The SMILES string of the molecule is CCC(CC)Oc1cc(C(=O)Cl)ccc1SC. The minimum absolute atomic E-state index is 0.182. The van der Waals surface area contributed by atoms with Crippen molar-refractivity contribution in [3.63, 3.8) is 0 Å². The van der Waals surface area contributed by atoms with Gasteiger partial charge in [-0.05, 0) is 48.9 Å². The van der Waals surface area contributed by atoms with Crippen LogP contribution in [-0.2, 0) is 0 Å². The molecule has 4 heteroatoms. The van der Waals surface area contributed by atoms with Crippen LogP contribution >= 0.6 is 23.4 Å². The summed E-state index contributed by atoms with van der Waals surface area (Å²) in [5.41, 5.74) is 0.477. The predicted octanol–water partition coefficient (Wildman–Crippen LogP) is 4.35. The molecule has 1 rings (SSSR count). The Bertz CT molecular complexity index is 389. The molecule has 0 saturated carbocycles. The van der Waals surface area contributed by atoms with Crippen LogP contribution in [-0.4, -0.2) is 17.6 Å². The van der Waals surface area contributed by atoms with Crippen LogP contribution in [0.4, 0.5) is 0 Å². The molecule has 0 fully saturated rings.